The molecular weight excluding hydrogens is 394 g/mol. The van der Waals surface area contributed by atoms with E-state index < -0.39 is 18.0 Å². The lowest BCUT2D eigenvalue weighted by molar-refractivity contribution is -0.123. The number of hydrogen-bond donors (Lipinski definition) is 1. The number of esters is 1. The Morgan fingerprint density at radius 1 is 0.742 bits per heavy atom. The van der Waals surface area contributed by atoms with Crippen LogP contribution in [0.5, 0.6) is 0 Å². The van der Waals surface area contributed by atoms with Crippen LogP contribution in [0.25, 0.3) is 0 Å². The first kappa shape index (κ1) is 21.6. The van der Waals surface area contributed by atoms with Crippen molar-refractivity contribution >= 4 is 29.1 Å². The van der Waals surface area contributed by atoms with Gasteiger partial charge in [0.25, 0.3) is 5.91 Å². The average Bonchev–Trinajstić information content (AvgIpc) is 2.79. The largest absolute Gasteiger partial charge is 0.449 e. The summed E-state index contributed by atoms with van der Waals surface area (Å²) < 4.78 is 5.30. The summed E-state index contributed by atoms with van der Waals surface area (Å²) in [4.78, 5) is 49.2. The standard InChI is InChI=1S/C25H21NO5/c1-16(27)18-12-14-20(15-13-18)26-24(29)17(2)31-25(30)22-11-7-6-10-21(22)23(28)19-8-4-3-5-9-19/h3-15,17H,1-2H3,(H,26,29)/t17-/m0/s1. The third-order valence-electron chi connectivity index (χ3n) is 4.64. The van der Waals surface area contributed by atoms with Crippen molar-refractivity contribution in [2.24, 2.45) is 0 Å². The molecule has 6 heteroatoms. The zero-order chi connectivity index (χ0) is 22.4. The van der Waals surface area contributed by atoms with E-state index in [9.17, 15) is 19.2 Å². The molecule has 3 aromatic rings. The molecule has 0 radical (unpaired) electrons. The molecule has 3 rings (SSSR count). The third-order valence-corrected chi connectivity index (χ3v) is 4.64. The predicted molar refractivity (Wildman–Crippen MR) is 116 cm³/mol. The SMILES string of the molecule is CC(=O)c1ccc(NC(=O)[C@H](C)OC(=O)c2ccccc2C(=O)c2ccccc2)cc1. The third kappa shape index (κ3) is 5.30. The molecule has 1 amide bonds. The van der Waals surface area contributed by atoms with Crippen molar-refractivity contribution in [3.05, 3.63) is 101 Å². The summed E-state index contributed by atoms with van der Waals surface area (Å²) in [5.74, 6) is -1.69. The van der Waals surface area contributed by atoms with Gasteiger partial charge in [0, 0.05) is 22.4 Å². The van der Waals surface area contributed by atoms with Gasteiger partial charge in [-0.1, -0.05) is 48.5 Å². The molecule has 0 saturated carbocycles. The molecule has 0 aromatic heterocycles. The van der Waals surface area contributed by atoms with Gasteiger partial charge in [-0.3, -0.25) is 14.4 Å². The molecule has 31 heavy (non-hydrogen) atoms. The van der Waals surface area contributed by atoms with Crippen LogP contribution in [-0.4, -0.2) is 29.5 Å². The summed E-state index contributed by atoms with van der Waals surface area (Å²) in [5.41, 5.74) is 1.73. The van der Waals surface area contributed by atoms with E-state index in [4.69, 9.17) is 4.74 Å². The minimum absolute atomic E-state index is 0.0797. The highest BCUT2D eigenvalue weighted by atomic mass is 16.5. The van der Waals surface area contributed by atoms with E-state index in [1.807, 2.05) is 0 Å². The van der Waals surface area contributed by atoms with Gasteiger partial charge in [-0.05, 0) is 44.2 Å². The summed E-state index contributed by atoms with van der Waals surface area (Å²) in [7, 11) is 0. The van der Waals surface area contributed by atoms with Gasteiger partial charge in [-0.15, -0.1) is 0 Å². The average molecular weight is 415 g/mol. The number of ether oxygens (including phenoxy) is 1. The number of anilines is 1. The van der Waals surface area contributed by atoms with Crippen LogP contribution in [0, 0.1) is 0 Å². The zero-order valence-corrected chi connectivity index (χ0v) is 17.1. The van der Waals surface area contributed by atoms with Crippen LogP contribution < -0.4 is 5.32 Å². The fraction of sp³-hybridized carbons (Fsp3) is 0.120. The van der Waals surface area contributed by atoms with Crippen LogP contribution in [0.15, 0.2) is 78.9 Å². The van der Waals surface area contributed by atoms with Gasteiger partial charge in [0.2, 0.25) is 0 Å². The summed E-state index contributed by atoms with van der Waals surface area (Å²) >= 11 is 0. The number of Topliss-reactive ketones (excluding diaryl/α,β-unsaturated/α-hetero) is 1. The van der Waals surface area contributed by atoms with Gasteiger partial charge in [0.05, 0.1) is 5.56 Å². The first-order valence-corrected chi connectivity index (χ1v) is 9.68. The number of nitrogens with one attached hydrogen (secondary N) is 1. The van der Waals surface area contributed by atoms with Gasteiger partial charge in [0.15, 0.2) is 17.7 Å². The van der Waals surface area contributed by atoms with Crippen LogP contribution in [-0.2, 0) is 9.53 Å². The second-order valence-electron chi connectivity index (χ2n) is 6.91. The summed E-state index contributed by atoms with van der Waals surface area (Å²) in [5, 5.41) is 2.63. The van der Waals surface area contributed by atoms with Crippen molar-refractivity contribution < 1.29 is 23.9 Å². The molecule has 0 aliphatic heterocycles. The van der Waals surface area contributed by atoms with Gasteiger partial charge in [0.1, 0.15) is 0 Å². The van der Waals surface area contributed by atoms with Crippen LogP contribution in [0.2, 0.25) is 0 Å². The van der Waals surface area contributed by atoms with Crippen LogP contribution in [0.4, 0.5) is 5.69 Å². The number of ketones is 2. The fourth-order valence-electron chi connectivity index (χ4n) is 2.91. The number of benzene rings is 3. The minimum Gasteiger partial charge on any atom is -0.449 e. The number of amides is 1. The maximum absolute atomic E-state index is 12.8. The summed E-state index contributed by atoms with van der Waals surface area (Å²) in [6.45, 7) is 2.90. The molecule has 3 aromatic carbocycles. The zero-order valence-electron chi connectivity index (χ0n) is 17.1. The Morgan fingerprint density at radius 3 is 1.94 bits per heavy atom. The van der Waals surface area contributed by atoms with Crippen LogP contribution >= 0.6 is 0 Å². The summed E-state index contributed by atoms with van der Waals surface area (Å²) in [6.07, 6.45) is -1.10. The fourth-order valence-corrected chi connectivity index (χ4v) is 2.91. The van der Waals surface area contributed by atoms with Crippen LogP contribution in [0.1, 0.15) is 50.5 Å². The lowest BCUT2D eigenvalue weighted by Crippen LogP contribution is -2.30. The maximum Gasteiger partial charge on any atom is 0.339 e. The van der Waals surface area contributed by atoms with E-state index in [0.29, 0.717) is 16.8 Å². The highest BCUT2D eigenvalue weighted by molar-refractivity contribution is 6.14. The number of hydrogen-bond acceptors (Lipinski definition) is 5. The number of carbonyl (C=O) groups is 4. The second-order valence-corrected chi connectivity index (χ2v) is 6.91. The van der Waals surface area contributed by atoms with E-state index in [2.05, 4.69) is 5.32 Å². The molecule has 0 aliphatic rings. The minimum atomic E-state index is -1.10. The molecule has 0 saturated heterocycles. The van der Waals surface area contributed by atoms with Crippen molar-refractivity contribution in [1.82, 2.24) is 0 Å². The molecule has 6 nitrogen and oxygen atoms in total. The van der Waals surface area contributed by atoms with Crippen molar-refractivity contribution in [1.29, 1.82) is 0 Å². The molecular formula is C25H21NO5. The molecule has 1 atom stereocenters. The molecule has 0 spiro atoms. The Morgan fingerprint density at radius 2 is 1.32 bits per heavy atom. The highest BCUT2D eigenvalue weighted by Crippen LogP contribution is 2.17. The van der Waals surface area contributed by atoms with Gasteiger partial charge >= 0.3 is 5.97 Å². The molecule has 156 valence electrons. The maximum atomic E-state index is 12.8. The lowest BCUT2D eigenvalue weighted by atomic mass is 9.98. The summed E-state index contributed by atoms with van der Waals surface area (Å²) in [6, 6.07) is 21.3. The lowest BCUT2D eigenvalue weighted by Gasteiger charge is -2.15. The second kappa shape index (κ2) is 9.63. The molecule has 0 aliphatic carbocycles. The highest BCUT2D eigenvalue weighted by Gasteiger charge is 2.23. The van der Waals surface area contributed by atoms with Gasteiger partial charge in [-0.25, -0.2) is 4.79 Å². The van der Waals surface area contributed by atoms with Crippen molar-refractivity contribution in [3.63, 3.8) is 0 Å². The van der Waals surface area contributed by atoms with Crippen LogP contribution in [0.3, 0.4) is 0 Å². The molecule has 1 N–H and O–H groups in total. The van der Waals surface area contributed by atoms with Gasteiger partial charge < -0.3 is 10.1 Å². The van der Waals surface area contributed by atoms with E-state index in [0.717, 1.165) is 0 Å². The molecule has 0 heterocycles. The number of carbonyl (C=O) groups excluding carboxylic acids is 4. The molecule has 0 fully saturated rings. The Balaban J connectivity index is 1.70. The topological polar surface area (TPSA) is 89.5 Å². The first-order chi connectivity index (χ1) is 14.9. The predicted octanol–water partition coefficient (Wildman–Crippen LogP) is 4.30. The Hall–Kier alpha value is -4.06. The normalized spacial score (nSPS) is 11.3. The Bertz CT molecular complexity index is 1120. The number of rotatable bonds is 7. The van der Waals surface area contributed by atoms with E-state index >= 15 is 0 Å². The Labute approximate surface area is 179 Å². The van der Waals surface area contributed by atoms with Gasteiger partial charge in [-0.2, -0.15) is 0 Å². The molecule has 0 unspecified atom stereocenters. The van der Waals surface area contributed by atoms with Crippen molar-refractivity contribution in [3.8, 4) is 0 Å². The first-order valence-electron chi connectivity index (χ1n) is 9.68. The smallest absolute Gasteiger partial charge is 0.339 e. The van der Waals surface area contributed by atoms with Crippen molar-refractivity contribution in [2.75, 3.05) is 5.32 Å². The molecule has 0 bridgehead atoms. The van der Waals surface area contributed by atoms with E-state index in [1.54, 1.807) is 72.8 Å². The van der Waals surface area contributed by atoms with Crippen molar-refractivity contribution in [2.45, 2.75) is 20.0 Å². The monoisotopic (exact) mass is 415 g/mol. The van der Waals surface area contributed by atoms with E-state index in [1.165, 1.54) is 19.9 Å². The van der Waals surface area contributed by atoms with E-state index in [-0.39, 0.29) is 22.7 Å². The Kier molecular flexibility index (Phi) is 6.72. The quantitative estimate of drug-likeness (QED) is 0.459.